The van der Waals surface area contributed by atoms with E-state index in [0.29, 0.717) is 23.9 Å². The van der Waals surface area contributed by atoms with Crippen LogP contribution < -0.4 is 4.74 Å². The molecule has 0 aliphatic rings. The summed E-state index contributed by atoms with van der Waals surface area (Å²) in [5.41, 5.74) is 0.0344. The smallest absolute Gasteiger partial charge is 0.269 e. The summed E-state index contributed by atoms with van der Waals surface area (Å²) >= 11 is 7.14. The van der Waals surface area contributed by atoms with Crippen LogP contribution in [0.15, 0.2) is 53.4 Å². The monoisotopic (exact) mass is 380 g/mol. The second kappa shape index (κ2) is 9.29. The molecule has 0 unspecified atom stereocenters. The van der Waals surface area contributed by atoms with Gasteiger partial charge < -0.3 is 9.64 Å². The molecule has 0 saturated carbocycles. The number of non-ortho nitro benzene ring substituents is 1. The molecule has 132 valence electrons. The van der Waals surface area contributed by atoms with Crippen LogP contribution in [0.25, 0.3) is 0 Å². The lowest BCUT2D eigenvalue weighted by atomic mass is 10.3. The van der Waals surface area contributed by atoms with E-state index in [2.05, 4.69) is 0 Å². The Morgan fingerprint density at radius 1 is 1.20 bits per heavy atom. The Bertz CT molecular complexity index is 722. The molecule has 1 amide bonds. The van der Waals surface area contributed by atoms with Crippen molar-refractivity contribution in [2.75, 3.05) is 26.0 Å². The fourth-order valence-electron chi connectivity index (χ4n) is 1.88. The van der Waals surface area contributed by atoms with Gasteiger partial charge >= 0.3 is 0 Å². The zero-order valence-electron chi connectivity index (χ0n) is 13.6. The Labute approximate surface area is 154 Å². The Kier molecular flexibility index (Phi) is 7.09. The number of halogens is 1. The molecule has 2 aromatic rings. The van der Waals surface area contributed by atoms with Gasteiger partial charge in [-0.1, -0.05) is 11.6 Å². The zero-order valence-corrected chi connectivity index (χ0v) is 15.1. The number of ether oxygens (including phenoxy) is 1. The number of nitrogens with zero attached hydrogens (tertiary/aromatic N) is 2. The van der Waals surface area contributed by atoms with E-state index in [0.717, 1.165) is 4.90 Å². The molecule has 0 heterocycles. The summed E-state index contributed by atoms with van der Waals surface area (Å²) in [6.07, 6.45) is 0. The van der Waals surface area contributed by atoms with Crippen LogP contribution in [0.1, 0.15) is 0 Å². The number of nitro benzene ring substituents is 1. The van der Waals surface area contributed by atoms with Crippen LogP contribution in [0.5, 0.6) is 5.75 Å². The largest absolute Gasteiger partial charge is 0.492 e. The number of amides is 1. The van der Waals surface area contributed by atoms with Crippen LogP contribution in [-0.4, -0.2) is 41.7 Å². The number of hydrogen-bond acceptors (Lipinski definition) is 5. The van der Waals surface area contributed by atoms with Gasteiger partial charge in [0, 0.05) is 29.1 Å². The van der Waals surface area contributed by atoms with Crippen LogP contribution in [0.3, 0.4) is 0 Å². The predicted molar refractivity (Wildman–Crippen MR) is 98.4 cm³/mol. The maximum Gasteiger partial charge on any atom is 0.269 e. The third kappa shape index (κ3) is 6.28. The minimum Gasteiger partial charge on any atom is -0.492 e. The number of hydrogen-bond donors (Lipinski definition) is 0. The number of carbonyl (C=O) groups is 1. The first-order valence-corrected chi connectivity index (χ1v) is 8.81. The average Bonchev–Trinajstić information content (AvgIpc) is 2.61. The molecule has 0 aliphatic heterocycles. The molecule has 6 nitrogen and oxygen atoms in total. The number of rotatable bonds is 8. The molecule has 25 heavy (non-hydrogen) atoms. The van der Waals surface area contributed by atoms with Gasteiger partial charge in [0.15, 0.2) is 0 Å². The Hall–Kier alpha value is -2.25. The lowest BCUT2D eigenvalue weighted by molar-refractivity contribution is -0.384. The van der Waals surface area contributed by atoms with Gasteiger partial charge in [0.05, 0.1) is 17.2 Å². The number of likely N-dealkylation sites (N-methyl/N-ethyl adjacent to an activating group) is 1. The summed E-state index contributed by atoms with van der Waals surface area (Å²) < 4.78 is 5.56. The van der Waals surface area contributed by atoms with Crippen molar-refractivity contribution in [2.45, 2.75) is 4.90 Å². The van der Waals surface area contributed by atoms with Gasteiger partial charge in [0.25, 0.3) is 5.69 Å². The van der Waals surface area contributed by atoms with Crippen LogP contribution in [-0.2, 0) is 4.79 Å². The SMILES string of the molecule is CN(CCOc1ccc(Cl)cc1)C(=O)CSc1ccc([N+](=O)[O-])cc1. The quantitative estimate of drug-likeness (QED) is 0.395. The molecule has 0 radical (unpaired) electrons. The Balaban J connectivity index is 1.72. The van der Waals surface area contributed by atoms with E-state index in [1.54, 1.807) is 48.3 Å². The van der Waals surface area contributed by atoms with Crippen LogP contribution in [0, 0.1) is 10.1 Å². The highest BCUT2D eigenvalue weighted by molar-refractivity contribution is 8.00. The average molecular weight is 381 g/mol. The predicted octanol–water partition coefficient (Wildman–Crippen LogP) is 3.88. The summed E-state index contributed by atoms with van der Waals surface area (Å²) in [5.74, 6) is 0.920. The molecule has 8 heteroatoms. The first-order valence-electron chi connectivity index (χ1n) is 7.45. The van der Waals surface area contributed by atoms with E-state index in [1.165, 1.54) is 23.9 Å². The van der Waals surface area contributed by atoms with Gasteiger partial charge in [-0.2, -0.15) is 0 Å². The number of benzene rings is 2. The Morgan fingerprint density at radius 2 is 1.84 bits per heavy atom. The topological polar surface area (TPSA) is 72.7 Å². The first-order chi connectivity index (χ1) is 12.0. The summed E-state index contributed by atoms with van der Waals surface area (Å²) in [5, 5.41) is 11.2. The summed E-state index contributed by atoms with van der Waals surface area (Å²) in [6, 6.07) is 13.2. The lowest BCUT2D eigenvalue weighted by Crippen LogP contribution is -2.32. The van der Waals surface area contributed by atoms with Crippen LogP contribution in [0.4, 0.5) is 5.69 Å². The van der Waals surface area contributed by atoms with E-state index in [1.807, 2.05) is 0 Å². The minimum atomic E-state index is -0.450. The number of nitro groups is 1. The van der Waals surface area contributed by atoms with Crippen molar-refractivity contribution in [1.29, 1.82) is 0 Å². The second-order valence-corrected chi connectivity index (χ2v) is 6.64. The molecule has 0 bridgehead atoms. The highest BCUT2D eigenvalue weighted by Crippen LogP contribution is 2.21. The fourth-order valence-corrected chi connectivity index (χ4v) is 2.84. The highest BCUT2D eigenvalue weighted by Gasteiger charge is 2.10. The Morgan fingerprint density at radius 3 is 2.44 bits per heavy atom. The van der Waals surface area contributed by atoms with E-state index in [-0.39, 0.29) is 17.3 Å². The van der Waals surface area contributed by atoms with E-state index >= 15 is 0 Å². The molecule has 0 fully saturated rings. The zero-order chi connectivity index (χ0) is 18.2. The third-order valence-electron chi connectivity index (χ3n) is 3.34. The van der Waals surface area contributed by atoms with E-state index in [4.69, 9.17) is 16.3 Å². The van der Waals surface area contributed by atoms with Crippen LogP contribution >= 0.6 is 23.4 Å². The summed E-state index contributed by atoms with van der Waals surface area (Å²) in [6.45, 7) is 0.842. The van der Waals surface area contributed by atoms with Crippen molar-refractivity contribution in [1.82, 2.24) is 4.90 Å². The molecule has 2 rings (SSSR count). The molecular weight excluding hydrogens is 364 g/mol. The molecule has 0 atom stereocenters. The van der Waals surface area contributed by atoms with Gasteiger partial charge in [-0.25, -0.2) is 0 Å². The van der Waals surface area contributed by atoms with Crippen molar-refractivity contribution in [2.24, 2.45) is 0 Å². The third-order valence-corrected chi connectivity index (χ3v) is 4.59. The standard InChI is InChI=1S/C17H17ClN2O4S/c1-19(10-11-24-15-6-2-13(18)3-7-15)17(21)12-25-16-8-4-14(5-9-16)20(22)23/h2-9H,10-12H2,1H3. The molecule has 2 aromatic carbocycles. The second-order valence-electron chi connectivity index (χ2n) is 5.16. The normalized spacial score (nSPS) is 10.3. The van der Waals surface area contributed by atoms with Crippen molar-refractivity contribution in [3.63, 3.8) is 0 Å². The van der Waals surface area contributed by atoms with Crippen molar-refractivity contribution in [3.8, 4) is 5.75 Å². The van der Waals surface area contributed by atoms with Gasteiger partial charge in [0.1, 0.15) is 12.4 Å². The van der Waals surface area contributed by atoms with Gasteiger partial charge in [0.2, 0.25) is 5.91 Å². The van der Waals surface area contributed by atoms with E-state index in [9.17, 15) is 14.9 Å². The van der Waals surface area contributed by atoms with Crippen LogP contribution in [0.2, 0.25) is 5.02 Å². The van der Waals surface area contributed by atoms with Gasteiger partial charge in [-0.3, -0.25) is 14.9 Å². The van der Waals surface area contributed by atoms with Crippen molar-refractivity contribution in [3.05, 3.63) is 63.7 Å². The lowest BCUT2D eigenvalue weighted by Gasteiger charge is -2.17. The van der Waals surface area contributed by atoms with E-state index < -0.39 is 4.92 Å². The maximum atomic E-state index is 12.1. The molecule has 0 aliphatic carbocycles. The fraction of sp³-hybridized carbons (Fsp3) is 0.235. The minimum absolute atomic E-state index is 0.0344. The molecule has 0 saturated heterocycles. The maximum absolute atomic E-state index is 12.1. The molecular formula is C17H17ClN2O4S. The molecule has 0 N–H and O–H groups in total. The summed E-state index contributed by atoms with van der Waals surface area (Å²) in [7, 11) is 1.71. The van der Waals surface area contributed by atoms with Crippen molar-refractivity contribution >= 4 is 35.0 Å². The van der Waals surface area contributed by atoms with Gasteiger partial charge in [-0.15, -0.1) is 11.8 Å². The highest BCUT2D eigenvalue weighted by atomic mass is 35.5. The molecule has 0 spiro atoms. The number of thioether (sulfide) groups is 1. The van der Waals surface area contributed by atoms with Crippen molar-refractivity contribution < 1.29 is 14.5 Å². The van der Waals surface area contributed by atoms with Gasteiger partial charge in [-0.05, 0) is 36.4 Å². The summed E-state index contributed by atoms with van der Waals surface area (Å²) in [4.78, 5) is 24.7. The molecule has 0 aromatic heterocycles. The first kappa shape index (κ1) is 19.1. The number of carbonyl (C=O) groups excluding carboxylic acids is 1.